The molecule has 0 atom stereocenters. The number of anilines is 2. The van der Waals surface area contributed by atoms with Crippen molar-refractivity contribution in [2.75, 3.05) is 24.3 Å². The highest BCUT2D eigenvalue weighted by Gasteiger charge is 2.22. The molecule has 0 unspecified atom stereocenters. The van der Waals surface area contributed by atoms with Crippen molar-refractivity contribution in [3.05, 3.63) is 30.0 Å². The number of aryl methyl sites for hydroxylation is 1. The molecular weight excluding hydrogens is 222 g/mol. The third kappa shape index (κ3) is 1.90. The first kappa shape index (κ1) is 11.3. The Balaban J connectivity index is 2.22. The second-order valence-electron chi connectivity index (χ2n) is 5.31. The van der Waals surface area contributed by atoms with Crippen LogP contribution >= 0.6 is 0 Å². The minimum atomic E-state index is 0.653. The molecule has 1 aromatic heterocycles. The summed E-state index contributed by atoms with van der Waals surface area (Å²) in [5.74, 6) is 1.04. The van der Waals surface area contributed by atoms with Crippen LogP contribution in [0.5, 0.6) is 0 Å². The van der Waals surface area contributed by atoms with E-state index in [-0.39, 0.29) is 0 Å². The number of benzene rings is 1. The molecule has 0 spiro atoms. The second kappa shape index (κ2) is 4.16. The number of hydrogen-bond donors (Lipinski definition) is 1. The van der Waals surface area contributed by atoms with E-state index in [1.54, 1.807) is 0 Å². The second-order valence-corrected chi connectivity index (χ2v) is 5.31. The molecule has 1 N–H and O–H groups in total. The highest BCUT2D eigenvalue weighted by molar-refractivity contribution is 6.02. The molecule has 1 aliphatic rings. The van der Waals surface area contributed by atoms with Gasteiger partial charge >= 0.3 is 0 Å². The van der Waals surface area contributed by atoms with Gasteiger partial charge in [0, 0.05) is 30.9 Å². The summed E-state index contributed by atoms with van der Waals surface area (Å²) in [4.78, 5) is 6.66. The van der Waals surface area contributed by atoms with Crippen molar-refractivity contribution in [3.8, 4) is 0 Å². The standard InChI is InChI=1S/C15H19N3/c1-10-5-4-6-12-14(10)13(17-11-7-8-11)9-16-15(12)18(2)3/h4-6,9,11,17H,7-8H2,1-3H3. The molecule has 1 heterocycles. The van der Waals surface area contributed by atoms with Crippen LogP contribution in [0.1, 0.15) is 18.4 Å². The van der Waals surface area contributed by atoms with Crippen LogP contribution in [0.2, 0.25) is 0 Å². The van der Waals surface area contributed by atoms with Crippen LogP contribution in [0, 0.1) is 6.92 Å². The molecule has 3 heteroatoms. The van der Waals surface area contributed by atoms with Gasteiger partial charge in [-0.15, -0.1) is 0 Å². The number of hydrogen-bond acceptors (Lipinski definition) is 3. The Morgan fingerprint density at radius 1 is 1.28 bits per heavy atom. The molecule has 1 aliphatic carbocycles. The van der Waals surface area contributed by atoms with Crippen LogP contribution in [0.3, 0.4) is 0 Å². The van der Waals surface area contributed by atoms with Crippen molar-refractivity contribution in [3.63, 3.8) is 0 Å². The molecule has 0 amide bonds. The van der Waals surface area contributed by atoms with Crippen LogP contribution < -0.4 is 10.2 Å². The van der Waals surface area contributed by atoms with Crippen LogP contribution in [-0.4, -0.2) is 25.1 Å². The van der Waals surface area contributed by atoms with E-state index in [4.69, 9.17) is 0 Å². The van der Waals surface area contributed by atoms with Gasteiger partial charge in [0.1, 0.15) is 5.82 Å². The van der Waals surface area contributed by atoms with E-state index in [1.165, 1.54) is 34.9 Å². The quantitative estimate of drug-likeness (QED) is 0.894. The number of rotatable bonds is 3. The largest absolute Gasteiger partial charge is 0.381 e. The Hall–Kier alpha value is -1.77. The molecule has 94 valence electrons. The van der Waals surface area contributed by atoms with Crippen molar-refractivity contribution >= 4 is 22.3 Å². The molecule has 0 bridgehead atoms. The van der Waals surface area contributed by atoms with Gasteiger partial charge in [-0.25, -0.2) is 4.98 Å². The average molecular weight is 241 g/mol. The number of nitrogens with zero attached hydrogens (tertiary/aromatic N) is 2. The summed E-state index contributed by atoms with van der Waals surface area (Å²) < 4.78 is 0. The van der Waals surface area contributed by atoms with Crippen LogP contribution in [-0.2, 0) is 0 Å². The Kier molecular flexibility index (Phi) is 2.62. The highest BCUT2D eigenvalue weighted by atomic mass is 15.1. The maximum Gasteiger partial charge on any atom is 0.136 e. The summed E-state index contributed by atoms with van der Waals surface area (Å²) in [6.07, 6.45) is 4.54. The van der Waals surface area contributed by atoms with Crippen molar-refractivity contribution < 1.29 is 0 Å². The predicted molar refractivity (Wildman–Crippen MR) is 77.5 cm³/mol. The monoisotopic (exact) mass is 241 g/mol. The zero-order valence-corrected chi connectivity index (χ0v) is 11.2. The molecular formula is C15H19N3. The van der Waals surface area contributed by atoms with Gasteiger partial charge in [0.15, 0.2) is 0 Å². The van der Waals surface area contributed by atoms with Crippen LogP contribution in [0.15, 0.2) is 24.4 Å². The molecule has 0 radical (unpaired) electrons. The van der Waals surface area contributed by atoms with Gasteiger partial charge in [-0.3, -0.25) is 0 Å². The lowest BCUT2D eigenvalue weighted by atomic mass is 10.0. The molecule has 1 fully saturated rings. The molecule has 3 rings (SSSR count). The van der Waals surface area contributed by atoms with E-state index in [9.17, 15) is 0 Å². The summed E-state index contributed by atoms with van der Waals surface area (Å²) in [6, 6.07) is 7.08. The van der Waals surface area contributed by atoms with Gasteiger partial charge in [-0.1, -0.05) is 18.2 Å². The molecule has 1 saturated carbocycles. The van der Waals surface area contributed by atoms with E-state index in [2.05, 4.69) is 40.3 Å². The van der Waals surface area contributed by atoms with Crippen molar-refractivity contribution in [2.24, 2.45) is 0 Å². The number of fused-ring (bicyclic) bond motifs is 1. The lowest BCUT2D eigenvalue weighted by Crippen LogP contribution is -2.12. The number of nitrogens with one attached hydrogen (secondary N) is 1. The van der Waals surface area contributed by atoms with E-state index < -0.39 is 0 Å². The first-order valence-corrected chi connectivity index (χ1v) is 6.49. The van der Waals surface area contributed by atoms with Gasteiger partial charge in [-0.2, -0.15) is 0 Å². The summed E-state index contributed by atoms with van der Waals surface area (Å²) in [7, 11) is 4.08. The first-order chi connectivity index (χ1) is 8.66. The molecule has 2 aromatic rings. The Morgan fingerprint density at radius 2 is 2.06 bits per heavy atom. The molecule has 0 saturated heterocycles. The minimum Gasteiger partial charge on any atom is -0.381 e. The van der Waals surface area contributed by atoms with Gasteiger partial charge < -0.3 is 10.2 Å². The van der Waals surface area contributed by atoms with E-state index in [0.717, 1.165) is 5.82 Å². The van der Waals surface area contributed by atoms with Crippen LogP contribution in [0.25, 0.3) is 10.8 Å². The fraction of sp³-hybridized carbons (Fsp3) is 0.400. The molecule has 0 aliphatic heterocycles. The molecule has 3 nitrogen and oxygen atoms in total. The zero-order chi connectivity index (χ0) is 12.7. The fourth-order valence-corrected chi connectivity index (χ4v) is 2.38. The minimum absolute atomic E-state index is 0.653. The summed E-state index contributed by atoms with van der Waals surface area (Å²) in [5.41, 5.74) is 2.48. The summed E-state index contributed by atoms with van der Waals surface area (Å²) in [5, 5.41) is 6.12. The summed E-state index contributed by atoms with van der Waals surface area (Å²) >= 11 is 0. The Morgan fingerprint density at radius 3 is 2.72 bits per heavy atom. The number of aromatic nitrogens is 1. The van der Waals surface area contributed by atoms with Gasteiger partial charge in [0.25, 0.3) is 0 Å². The normalized spacial score (nSPS) is 14.8. The van der Waals surface area contributed by atoms with Gasteiger partial charge in [0.05, 0.1) is 11.9 Å². The molecule has 18 heavy (non-hydrogen) atoms. The van der Waals surface area contributed by atoms with E-state index in [1.807, 2.05) is 20.3 Å². The number of pyridine rings is 1. The summed E-state index contributed by atoms with van der Waals surface area (Å²) in [6.45, 7) is 2.17. The van der Waals surface area contributed by atoms with E-state index >= 15 is 0 Å². The zero-order valence-electron chi connectivity index (χ0n) is 11.2. The topological polar surface area (TPSA) is 28.2 Å². The Bertz CT molecular complexity index is 586. The van der Waals surface area contributed by atoms with Crippen molar-refractivity contribution in [1.29, 1.82) is 0 Å². The highest BCUT2D eigenvalue weighted by Crippen LogP contribution is 2.34. The lowest BCUT2D eigenvalue weighted by Gasteiger charge is -2.18. The lowest BCUT2D eigenvalue weighted by molar-refractivity contribution is 1.08. The maximum atomic E-state index is 4.59. The van der Waals surface area contributed by atoms with Crippen molar-refractivity contribution in [2.45, 2.75) is 25.8 Å². The smallest absolute Gasteiger partial charge is 0.136 e. The SMILES string of the molecule is Cc1cccc2c(N(C)C)ncc(NC3CC3)c12. The van der Waals surface area contributed by atoms with E-state index in [0.29, 0.717) is 6.04 Å². The van der Waals surface area contributed by atoms with Gasteiger partial charge in [-0.05, 0) is 25.3 Å². The average Bonchev–Trinajstić information content (AvgIpc) is 3.13. The Labute approximate surface area is 108 Å². The predicted octanol–water partition coefficient (Wildman–Crippen LogP) is 3.18. The van der Waals surface area contributed by atoms with Crippen molar-refractivity contribution in [1.82, 2.24) is 4.98 Å². The third-order valence-corrected chi connectivity index (χ3v) is 3.46. The third-order valence-electron chi connectivity index (χ3n) is 3.46. The fourth-order valence-electron chi connectivity index (χ4n) is 2.38. The maximum absolute atomic E-state index is 4.59. The first-order valence-electron chi connectivity index (χ1n) is 6.49. The van der Waals surface area contributed by atoms with Gasteiger partial charge in [0.2, 0.25) is 0 Å². The molecule has 1 aromatic carbocycles. The van der Waals surface area contributed by atoms with Crippen LogP contribution in [0.4, 0.5) is 11.5 Å².